The summed E-state index contributed by atoms with van der Waals surface area (Å²) in [4.78, 5) is 27.3. The van der Waals surface area contributed by atoms with E-state index in [-0.39, 0.29) is 11.8 Å². The van der Waals surface area contributed by atoms with Gasteiger partial charge in [-0.15, -0.1) is 0 Å². The molecular formula is C15H20N6O. The number of rotatable bonds is 3. The van der Waals surface area contributed by atoms with E-state index in [4.69, 9.17) is 0 Å². The second-order valence-electron chi connectivity index (χ2n) is 6.12. The van der Waals surface area contributed by atoms with Crippen molar-refractivity contribution >= 4 is 5.91 Å². The molecule has 0 bridgehead atoms. The molecule has 0 unspecified atom stereocenters. The second kappa shape index (κ2) is 5.82. The molecule has 2 aromatic heterocycles. The van der Waals surface area contributed by atoms with Crippen molar-refractivity contribution in [3.63, 3.8) is 0 Å². The van der Waals surface area contributed by atoms with Gasteiger partial charge in [0.25, 0.3) is 0 Å². The minimum atomic E-state index is -0.735. The molecule has 3 rings (SSSR count). The van der Waals surface area contributed by atoms with Crippen molar-refractivity contribution in [1.82, 2.24) is 29.6 Å². The van der Waals surface area contributed by atoms with Gasteiger partial charge >= 0.3 is 0 Å². The number of carbonyl (C=O) groups is 1. The van der Waals surface area contributed by atoms with Crippen LogP contribution < -0.4 is 0 Å². The van der Waals surface area contributed by atoms with E-state index in [0.29, 0.717) is 6.54 Å². The minimum Gasteiger partial charge on any atom is -0.340 e. The van der Waals surface area contributed by atoms with Crippen LogP contribution >= 0.6 is 0 Å². The summed E-state index contributed by atoms with van der Waals surface area (Å²) in [6, 6.07) is 0. The van der Waals surface area contributed by atoms with E-state index in [1.807, 2.05) is 18.7 Å². The second-order valence-corrected chi connectivity index (χ2v) is 6.12. The first-order valence-corrected chi connectivity index (χ1v) is 7.49. The van der Waals surface area contributed by atoms with Crippen LogP contribution in [-0.2, 0) is 10.3 Å². The molecule has 1 aliphatic rings. The monoisotopic (exact) mass is 300 g/mol. The Bertz CT molecular complexity index is 625. The summed E-state index contributed by atoms with van der Waals surface area (Å²) in [5.41, 5.74) is 0.222. The predicted octanol–water partition coefficient (Wildman–Crippen LogP) is 1.21. The quantitative estimate of drug-likeness (QED) is 0.851. The van der Waals surface area contributed by atoms with E-state index < -0.39 is 5.54 Å². The zero-order valence-electron chi connectivity index (χ0n) is 12.9. The molecule has 1 fully saturated rings. The zero-order valence-corrected chi connectivity index (χ0v) is 12.9. The highest BCUT2D eigenvalue weighted by Crippen LogP contribution is 2.27. The molecule has 7 nitrogen and oxygen atoms in total. The molecule has 0 N–H and O–H groups in total. The summed E-state index contributed by atoms with van der Waals surface area (Å²) in [5, 5.41) is 4.12. The summed E-state index contributed by atoms with van der Waals surface area (Å²) in [6.45, 7) is 5.19. The fourth-order valence-corrected chi connectivity index (χ4v) is 2.91. The number of likely N-dealkylation sites (tertiary alicyclic amines) is 1. The third-order valence-corrected chi connectivity index (χ3v) is 4.22. The largest absolute Gasteiger partial charge is 0.340 e. The number of piperidine rings is 1. The molecule has 1 aliphatic heterocycles. The van der Waals surface area contributed by atoms with Crippen molar-refractivity contribution in [3.8, 4) is 0 Å². The molecule has 7 heteroatoms. The maximum Gasteiger partial charge on any atom is 0.250 e. The first kappa shape index (κ1) is 14.6. The highest BCUT2D eigenvalue weighted by atomic mass is 16.2. The lowest BCUT2D eigenvalue weighted by atomic mass is 9.93. The van der Waals surface area contributed by atoms with Crippen LogP contribution in [0.5, 0.6) is 0 Å². The molecule has 0 spiro atoms. The Morgan fingerprint density at radius 3 is 2.86 bits per heavy atom. The maximum atomic E-state index is 12.9. The minimum absolute atomic E-state index is 0.0617. The van der Waals surface area contributed by atoms with Gasteiger partial charge in [0.15, 0.2) is 0 Å². The lowest BCUT2D eigenvalue weighted by Gasteiger charge is -2.37. The molecule has 3 heterocycles. The smallest absolute Gasteiger partial charge is 0.250 e. The Labute approximate surface area is 129 Å². The van der Waals surface area contributed by atoms with Crippen LogP contribution in [0, 0.1) is 0 Å². The molecular weight excluding hydrogens is 280 g/mol. The Kier molecular flexibility index (Phi) is 3.87. The number of hydrogen-bond donors (Lipinski definition) is 0. The number of aromatic nitrogens is 5. The van der Waals surface area contributed by atoms with Gasteiger partial charge in [-0.05, 0) is 26.7 Å². The third kappa shape index (κ3) is 2.70. The van der Waals surface area contributed by atoms with Crippen LogP contribution in [0.15, 0.2) is 31.2 Å². The molecule has 0 aromatic carbocycles. The Balaban J connectivity index is 1.76. The SMILES string of the molecule is CC(C)(C(=O)N1CCC[C@H](c2cnccn2)C1)n1cncn1. The van der Waals surface area contributed by atoms with Crippen LogP contribution in [0.25, 0.3) is 0 Å². The molecule has 0 radical (unpaired) electrons. The normalized spacial score (nSPS) is 19.2. The number of amides is 1. The maximum absolute atomic E-state index is 12.9. The van der Waals surface area contributed by atoms with Crippen LogP contribution in [0.4, 0.5) is 0 Å². The van der Waals surface area contributed by atoms with E-state index in [1.165, 1.54) is 6.33 Å². The van der Waals surface area contributed by atoms with Crippen LogP contribution in [-0.4, -0.2) is 48.6 Å². The van der Waals surface area contributed by atoms with Gasteiger partial charge in [0.05, 0.1) is 5.69 Å². The van der Waals surface area contributed by atoms with Crippen LogP contribution in [0.2, 0.25) is 0 Å². The highest BCUT2D eigenvalue weighted by molar-refractivity contribution is 5.83. The summed E-state index contributed by atoms with van der Waals surface area (Å²) in [5.74, 6) is 0.310. The fraction of sp³-hybridized carbons (Fsp3) is 0.533. The molecule has 0 aliphatic carbocycles. The molecule has 1 atom stereocenters. The van der Waals surface area contributed by atoms with E-state index in [1.54, 1.807) is 29.6 Å². The summed E-state index contributed by atoms with van der Waals surface area (Å²) < 4.78 is 1.61. The standard InChI is InChI=1S/C15H20N6O/c1-15(2,21-11-17-10-19-21)14(22)20-7-3-4-12(9-20)13-8-16-5-6-18-13/h5-6,8,10-12H,3-4,7,9H2,1-2H3/t12-/m0/s1. The molecule has 0 saturated carbocycles. The van der Waals surface area contributed by atoms with Crippen molar-refractivity contribution in [3.05, 3.63) is 36.9 Å². The lowest BCUT2D eigenvalue weighted by molar-refractivity contribution is -0.141. The van der Waals surface area contributed by atoms with Crippen molar-refractivity contribution in [1.29, 1.82) is 0 Å². The Morgan fingerprint density at radius 2 is 2.18 bits per heavy atom. The van der Waals surface area contributed by atoms with Gasteiger partial charge in [-0.2, -0.15) is 5.10 Å². The number of hydrogen-bond acceptors (Lipinski definition) is 5. The van der Waals surface area contributed by atoms with Crippen LogP contribution in [0.3, 0.4) is 0 Å². The van der Waals surface area contributed by atoms with Gasteiger partial charge in [0, 0.05) is 37.6 Å². The summed E-state index contributed by atoms with van der Waals surface area (Å²) in [6.07, 6.45) is 10.2. The average Bonchev–Trinajstić information content (AvgIpc) is 3.10. The summed E-state index contributed by atoms with van der Waals surface area (Å²) >= 11 is 0. The van der Waals surface area contributed by atoms with Crippen molar-refractivity contribution < 1.29 is 4.79 Å². The summed E-state index contributed by atoms with van der Waals surface area (Å²) in [7, 11) is 0. The molecule has 1 saturated heterocycles. The Morgan fingerprint density at radius 1 is 1.32 bits per heavy atom. The zero-order chi connectivity index (χ0) is 15.6. The van der Waals surface area contributed by atoms with Gasteiger partial charge in [-0.1, -0.05) is 0 Å². The predicted molar refractivity (Wildman–Crippen MR) is 79.9 cm³/mol. The number of carbonyl (C=O) groups excluding carboxylic acids is 1. The van der Waals surface area contributed by atoms with Gasteiger partial charge in [-0.25, -0.2) is 9.67 Å². The average molecular weight is 300 g/mol. The lowest BCUT2D eigenvalue weighted by Crippen LogP contribution is -2.50. The first-order chi connectivity index (χ1) is 10.6. The van der Waals surface area contributed by atoms with E-state index in [2.05, 4.69) is 20.1 Å². The molecule has 116 valence electrons. The molecule has 1 amide bonds. The highest BCUT2D eigenvalue weighted by Gasteiger charge is 2.37. The van der Waals surface area contributed by atoms with Gasteiger partial charge in [0.2, 0.25) is 5.91 Å². The van der Waals surface area contributed by atoms with Crippen molar-refractivity contribution in [2.24, 2.45) is 0 Å². The van der Waals surface area contributed by atoms with E-state index in [9.17, 15) is 4.79 Å². The van der Waals surface area contributed by atoms with E-state index >= 15 is 0 Å². The fourth-order valence-electron chi connectivity index (χ4n) is 2.91. The number of nitrogens with zero attached hydrogens (tertiary/aromatic N) is 6. The van der Waals surface area contributed by atoms with Gasteiger partial charge < -0.3 is 4.90 Å². The molecule has 22 heavy (non-hydrogen) atoms. The Hall–Kier alpha value is -2.31. The van der Waals surface area contributed by atoms with Crippen molar-refractivity contribution in [2.45, 2.75) is 38.1 Å². The topological polar surface area (TPSA) is 76.8 Å². The van der Waals surface area contributed by atoms with Gasteiger partial charge in [0.1, 0.15) is 18.2 Å². The molecule has 2 aromatic rings. The first-order valence-electron chi connectivity index (χ1n) is 7.49. The van der Waals surface area contributed by atoms with Crippen LogP contribution in [0.1, 0.15) is 38.3 Å². The van der Waals surface area contributed by atoms with E-state index in [0.717, 1.165) is 25.1 Å². The van der Waals surface area contributed by atoms with Crippen molar-refractivity contribution in [2.75, 3.05) is 13.1 Å². The van der Waals surface area contributed by atoms with Gasteiger partial charge in [-0.3, -0.25) is 14.8 Å². The third-order valence-electron chi connectivity index (χ3n) is 4.22.